The fraction of sp³-hybridized carbons (Fsp3) is 0.179. The van der Waals surface area contributed by atoms with Crippen LogP contribution in [0.5, 0.6) is 11.5 Å². The van der Waals surface area contributed by atoms with Gasteiger partial charge in [0.1, 0.15) is 25.6 Å². The number of allylic oxidation sites excluding steroid dienone is 1. The molecule has 0 fully saturated rings. The second-order valence-corrected chi connectivity index (χ2v) is 9.83. The smallest absolute Gasteiger partial charge is 0.338 e. The monoisotopic (exact) mass is 594 g/mol. The molecule has 0 radical (unpaired) electrons. The van der Waals surface area contributed by atoms with E-state index in [0.29, 0.717) is 38.2 Å². The lowest BCUT2D eigenvalue weighted by molar-refractivity contribution is -0.140. The van der Waals surface area contributed by atoms with Crippen molar-refractivity contribution in [2.75, 3.05) is 12.4 Å². The van der Waals surface area contributed by atoms with Crippen LogP contribution in [-0.4, -0.2) is 27.8 Å². The van der Waals surface area contributed by atoms with Crippen LogP contribution in [0.1, 0.15) is 29.7 Å². The molecule has 5 rings (SSSR count). The van der Waals surface area contributed by atoms with Gasteiger partial charge in [0.15, 0.2) is 11.5 Å². The number of benzene rings is 3. The Morgan fingerprint density at radius 1 is 1.11 bits per heavy atom. The zero-order chi connectivity index (χ0) is 26.6. The van der Waals surface area contributed by atoms with Crippen molar-refractivity contribution >= 4 is 39.4 Å². The highest BCUT2D eigenvalue weighted by molar-refractivity contribution is 9.10. The number of anilines is 1. The van der Waals surface area contributed by atoms with Gasteiger partial charge in [0, 0.05) is 16.3 Å². The number of nitrogens with one attached hydrogen (secondary N) is 1. The van der Waals surface area contributed by atoms with Crippen LogP contribution in [0.25, 0.3) is 0 Å². The Hall–Kier alpha value is -3.82. The van der Waals surface area contributed by atoms with Crippen molar-refractivity contribution in [3.63, 3.8) is 0 Å². The van der Waals surface area contributed by atoms with E-state index in [1.807, 2.05) is 73.7 Å². The highest BCUT2D eigenvalue weighted by Crippen LogP contribution is 2.43. The van der Waals surface area contributed by atoms with Crippen LogP contribution in [0.3, 0.4) is 0 Å². The molecule has 0 saturated carbocycles. The number of carbonyl (C=O) groups is 1. The molecule has 1 N–H and O–H groups in total. The molecule has 1 aliphatic heterocycles. The van der Waals surface area contributed by atoms with Crippen molar-refractivity contribution in [2.45, 2.75) is 26.2 Å². The van der Waals surface area contributed by atoms with E-state index in [1.165, 1.54) is 6.33 Å². The number of carbonyl (C=O) groups excluding carboxylic acids is 1. The Kier molecular flexibility index (Phi) is 7.67. The number of ether oxygens (including phenoxy) is 3. The second-order valence-electron chi connectivity index (χ2n) is 8.57. The Bertz CT molecular complexity index is 1510. The van der Waals surface area contributed by atoms with Crippen LogP contribution in [0.2, 0.25) is 5.02 Å². The van der Waals surface area contributed by atoms with E-state index in [-0.39, 0.29) is 13.2 Å². The van der Waals surface area contributed by atoms with Crippen molar-refractivity contribution in [1.82, 2.24) is 14.8 Å². The number of hydrogen-bond donors (Lipinski definition) is 1. The maximum atomic E-state index is 13.4. The molecule has 38 heavy (non-hydrogen) atoms. The number of aromatic nitrogens is 3. The van der Waals surface area contributed by atoms with Gasteiger partial charge in [-0.2, -0.15) is 10.1 Å². The van der Waals surface area contributed by atoms with Gasteiger partial charge in [-0.15, -0.1) is 0 Å². The average Bonchev–Trinajstić information content (AvgIpc) is 3.39. The molecule has 8 nitrogen and oxygen atoms in total. The minimum absolute atomic E-state index is 0.148. The lowest BCUT2D eigenvalue weighted by Gasteiger charge is -2.29. The summed E-state index contributed by atoms with van der Waals surface area (Å²) in [6.07, 6.45) is 1.44. The summed E-state index contributed by atoms with van der Waals surface area (Å²) in [5, 5.41) is 8.16. The molecule has 0 amide bonds. The lowest BCUT2D eigenvalue weighted by Crippen LogP contribution is -2.29. The average molecular weight is 596 g/mol. The molecule has 194 valence electrons. The Morgan fingerprint density at radius 3 is 2.63 bits per heavy atom. The van der Waals surface area contributed by atoms with E-state index in [0.717, 1.165) is 16.7 Å². The third kappa shape index (κ3) is 5.25. The Balaban J connectivity index is 1.48. The molecule has 2 heterocycles. The molecule has 0 bridgehead atoms. The van der Waals surface area contributed by atoms with E-state index in [4.69, 9.17) is 25.8 Å². The third-order valence-corrected chi connectivity index (χ3v) is 7.08. The molecule has 0 saturated heterocycles. The fourth-order valence-corrected chi connectivity index (χ4v) is 5.03. The number of esters is 1. The van der Waals surface area contributed by atoms with Crippen molar-refractivity contribution in [3.05, 3.63) is 111 Å². The molecule has 0 aliphatic carbocycles. The summed E-state index contributed by atoms with van der Waals surface area (Å²) in [5.74, 6) is 1.05. The lowest BCUT2D eigenvalue weighted by atomic mass is 9.95. The topological polar surface area (TPSA) is 87.5 Å². The van der Waals surface area contributed by atoms with E-state index < -0.39 is 12.0 Å². The minimum Gasteiger partial charge on any atom is -0.493 e. The molecular weight excluding hydrogens is 572 g/mol. The van der Waals surface area contributed by atoms with Crippen LogP contribution in [-0.2, 0) is 22.7 Å². The van der Waals surface area contributed by atoms with Gasteiger partial charge in [-0.25, -0.2) is 9.48 Å². The van der Waals surface area contributed by atoms with Crippen molar-refractivity contribution in [1.29, 1.82) is 0 Å². The molecule has 4 aromatic rings. The summed E-state index contributed by atoms with van der Waals surface area (Å²) in [4.78, 5) is 17.7. The predicted molar refractivity (Wildman–Crippen MR) is 147 cm³/mol. The molecule has 0 spiro atoms. The van der Waals surface area contributed by atoms with Crippen LogP contribution >= 0.6 is 27.5 Å². The maximum absolute atomic E-state index is 13.4. The summed E-state index contributed by atoms with van der Waals surface area (Å²) >= 11 is 9.93. The third-order valence-electron chi connectivity index (χ3n) is 6.12. The Morgan fingerprint density at radius 2 is 1.87 bits per heavy atom. The Labute approximate surface area is 233 Å². The van der Waals surface area contributed by atoms with Crippen molar-refractivity contribution < 1.29 is 19.0 Å². The van der Waals surface area contributed by atoms with Gasteiger partial charge >= 0.3 is 5.97 Å². The van der Waals surface area contributed by atoms with Crippen molar-refractivity contribution in [3.8, 4) is 11.5 Å². The molecule has 1 aromatic heterocycles. The van der Waals surface area contributed by atoms with Crippen molar-refractivity contribution in [2.24, 2.45) is 0 Å². The molecular formula is C28H24BrClN4O4. The minimum atomic E-state index is -0.611. The predicted octanol–water partition coefficient (Wildman–Crippen LogP) is 6.31. The summed E-state index contributed by atoms with van der Waals surface area (Å²) in [6, 6.07) is 20.1. The van der Waals surface area contributed by atoms with Gasteiger partial charge < -0.3 is 19.5 Å². The van der Waals surface area contributed by atoms with Gasteiger partial charge in [0.2, 0.25) is 5.95 Å². The van der Waals surface area contributed by atoms with Gasteiger partial charge in [-0.1, -0.05) is 60.1 Å². The van der Waals surface area contributed by atoms with Gasteiger partial charge in [0.25, 0.3) is 0 Å². The molecule has 1 atom stereocenters. The second kappa shape index (κ2) is 11.3. The summed E-state index contributed by atoms with van der Waals surface area (Å²) < 4.78 is 19.8. The maximum Gasteiger partial charge on any atom is 0.338 e. The first-order chi connectivity index (χ1) is 18.5. The first-order valence-corrected chi connectivity index (χ1v) is 13.0. The number of nitrogens with zero attached hydrogens (tertiary/aromatic N) is 3. The normalized spacial score (nSPS) is 14.5. The standard InChI is InChI=1S/C28H24BrClN4O4/c1-17-24(27(35)38-14-18-8-4-3-5-9-18)25(34-28(33-17)31-16-32-34)20-12-21(29)26(23(13-20)36-2)37-15-19-10-6-7-11-22(19)30/h3-13,16,25H,14-15H2,1-2H3,(H,31,32,33). The highest BCUT2D eigenvalue weighted by Gasteiger charge is 2.35. The van der Waals surface area contributed by atoms with Gasteiger partial charge in [-0.3, -0.25) is 0 Å². The summed E-state index contributed by atoms with van der Waals surface area (Å²) in [5.41, 5.74) is 3.52. The molecule has 1 unspecified atom stereocenters. The summed E-state index contributed by atoms with van der Waals surface area (Å²) in [7, 11) is 1.56. The zero-order valence-corrected chi connectivity index (χ0v) is 23.0. The van der Waals surface area contributed by atoms with E-state index >= 15 is 0 Å². The number of hydrogen-bond acceptors (Lipinski definition) is 7. The quantitative estimate of drug-likeness (QED) is 0.239. The molecule has 10 heteroatoms. The SMILES string of the molecule is COc1cc(C2C(C(=O)OCc3ccccc3)=C(C)Nc3ncnn32)cc(Br)c1OCc1ccccc1Cl. The van der Waals surface area contributed by atoms with E-state index in [9.17, 15) is 4.79 Å². The number of rotatable bonds is 8. The van der Waals surface area contributed by atoms with Gasteiger partial charge in [0.05, 0.1) is 17.2 Å². The van der Waals surface area contributed by atoms with Crippen LogP contribution < -0.4 is 14.8 Å². The number of methoxy groups -OCH3 is 1. The molecule has 1 aliphatic rings. The number of halogens is 2. The summed E-state index contributed by atoms with van der Waals surface area (Å²) in [6.45, 7) is 2.22. The van der Waals surface area contributed by atoms with E-state index in [1.54, 1.807) is 11.8 Å². The zero-order valence-electron chi connectivity index (χ0n) is 20.7. The largest absolute Gasteiger partial charge is 0.493 e. The highest BCUT2D eigenvalue weighted by atomic mass is 79.9. The molecule has 3 aromatic carbocycles. The number of fused-ring (bicyclic) bond motifs is 1. The first kappa shape index (κ1) is 25.8. The van der Waals surface area contributed by atoms with Crippen LogP contribution in [0.4, 0.5) is 5.95 Å². The van der Waals surface area contributed by atoms with Crippen LogP contribution in [0, 0.1) is 0 Å². The fourth-order valence-electron chi connectivity index (χ4n) is 4.27. The first-order valence-electron chi connectivity index (χ1n) is 11.8. The van der Waals surface area contributed by atoms with Crippen LogP contribution in [0.15, 0.2) is 88.8 Å². The van der Waals surface area contributed by atoms with E-state index in [2.05, 4.69) is 31.3 Å². The van der Waals surface area contributed by atoms with Gasteiger partial charge in [-0.05, 0) is 52.2 Å².